The number of anilines is 1. The lowest BCUT2D eigenvalue weighted by Crippen LogP contribution is -2.32. The van der Waals surface area contributed by atoms with Gasteiger partial charge in [0.15, 0.2) is 5.60 Å². The van der Waals surface area contributed by atoms with Crippen LogP contribution in [-0.4, -0.2) is 28.6 Å². The molecule has 0 atom stereocenters. The molecule has 0 radical (unpaired) electrons. The summed E-state index contributed by atoms with van der Waals surface area (Å²) in [5.74, 6) is -0.560. The van der Waals surface area contributed by atoms with Gasteiger partial charge in [-0.1, -0.05) is 12.1 Å². The Morgan fingerprint density at radius 2 is 1.60 bits per heavy atom. The Labute approximate surface area is 170 Å². The highest BCUT2D eigenvalue weighted by Gasteiger charge is 2.54. The van der Waals surface area contributed by atoms with E-state index in [1.165, 1.54) is 24.3 Å². The Bertz CT molecular complexity index is 1180. The minimum Gasteiger partial charge on any atom is -0.508 e. The number of benzene rings is 3. The predicted molar refractivity (Wildman–Crippen MR) is 106 cm³/mol. The molecule has 0 unspecified atom stereocenters. The van der Waals surface area contributed by atoms with Crippen molar-refractivity contribution in [2.45, 2.75) is 5.60 Å². The Morgan fingerprint density at radius 3 is 2.20 bits per heavy atom. The van der Waals surface area contributed by atoms with Crippen LogP contribution >= 0.6 is 0 Å². The molecule has 30 heavy (non-hydrogen) atoms. The number of ether oxygens (including phenoxy) is 2. The lowest BCUT2D eigenvalue weighted by molar-refractivity contribution is -0.114. The summed E-state index contributed by atoms with van der Waals surface area (Å²) >= 11 is 0. The molecular weight excluding hydrogens is 388 g/mol. The molecule has 1 amide bonds. The summed E-state index contributed by atoms with van der Waals surface area (Å²) in [6.07, 6.45) is 0. The third-order valence-corrected chi connectivity index (χ3v) is 5.26. The van der Waals surface area contributed by atoms with E-state index in [1.54, 1.807) is 30.3 Å². The quantitative estimate of drug-likeness (QED) is 0.483. The molecule has 0 saturated heterocycles. The molecule has 8 nitrogen and oxygen atoms in total. The van der Waals surface area contributed by atoms with Gasteiger partial charge in [0.25, 0.3) is 0 Å². The first kappa shape index (κ1) is 18.0. The fourth-order valence-corrected chi connectivity index (χ4v) is 4.05. The lowest BCUT2D eigenvalue weighted by Gasteiger charge is -2.36. The van der Waals surface area contributed by atoms with E-state index in [4.69, 9.17) is 15.2 Å². The van der Waals surface area contributed by atoms with Crippen LogP contribution in [0.5, 0.6) is 23.0 Å². The summed E-state index contributed by atoms with van der Waals surface area (Å²) in [7, 11) is 0. The van der Waals surface area contributed by atoms with Gasteiger partial charge in [0, 0.05) is 28.8 Å². The molecule has 5 rings (SSSR count). The van der Waals surface area contributed by atoms with Crippen molar-refractivity contribution in [3.63, 3.8) is 0 Å². The van der Waals surface area contributed by atoms with Gasteiger partial charge in [0.05, 0.1) is 17.8 Å². The van der Waals surface area contributed by atoms with Crippen LogP contribution in [-0.2, 0) is 15.1 Å². The molecule has 2 heterocycles. The standard InChI is InChI=1S/C22H16N2O6/c23-10-19(27)24-16-3-1-2-15-20(16)21(28)30-22(15)13-6-4-11(25)8-17(13)29-18-9-12(26)5-7-14(18)22/h1-9,25-26H,10,23H2,(H,24,27). The summed E-state index contributed by atoms with van der Waals surface area (Å²) < 4.78 is 11.9. The van der Waals surface area contributed by atoms with Gasteiger partial charge in [0.1, 0.15) is 23.0 Å². The first-order valence-electron chi connectivity index (χ1n) is 9.15. The second-order valence-electron chi connectivity index (χ2n) is 7.01. The Kier molecular flexibility index (Phi) is 3.74. The molecule has 5 N–H and O–H groups in total. The summed E-state index contributed by atoms with van der Waals surface area (Å²) in [6.45, 7) is -0.234. The van der Waals surface area contributed by atoms with Crippen LogP contribution in [0.2, 0.25) is 0 Å². The van der Waals surface area contributed by atoms with Crippen LogP contribution in [0, 0.1) is 0 Å². The van der Waals surface area contributed by atoms with Crippen molar-refractivity contribution in [1.29, 1.82) is 0 Å². The molecule has 2 aliphatic rings. The Balaban J connectivity index is 1.82. The van der Waals surface area contributed by atoms with Crippen molar-refractivity contribution < 1.29 is 29.3 Å². The van der Waals surface area contributed by atoms with Crippen LogP contribution in [0.1, 0.15) is 27.0 Å². The van der Waals surface area contributed by atoms with Crippen molar-refractivity contribution in [2.75, 3.05) is 11.9 Å². The van der Waals surface area contributed by atoms with Crippen LogP contribution in [0.4, 0.5) is 5.69 Å². The van der Waals surface area contributed by atoms with Crippen molar-refractivity contribution in [2.24, 2.45) is 5.73 Å². The number of amides is 1. The first-order valence-corrected chi connectivity index (χ1v) is 9.15. The van der Waals surface area contributed by atoms with E-state index in [9.17, 15) is 19.8 Å². The number of aromatic hydroxyl groups is 2. The number of esters is 1. The van der Waals surface area contributed by atoms with E-state index in [0.717, 1.165) is 0 Å². The highest BCUT2D eigenvalue weighted by molar-refractivity contribution is 6.06. The maximum Gasteiger partial charge on any atom is 0.342 e. The minimum absolute atomic E-state index is 0.0268. The molecule has 0 fully saturated rings. The first-order chi connectivity index (χ1) is 14.4. The summed E-state index contributed by atoms with van der Waals surface area (Å²) in [6, 6.07) is 14.0. The zero-order valence-electron chi connectivity index (χ0n) is 15.5. The molecule has 0 aliphatic carbocycles. The largest absolute Gasteiger partial charge is 0.508 e. The van der Waals surface area contributed by atoms with Crippen LogP contribution in [0.15, 0.2) is 54.6 Å². The molecule has 8 heteroatoms. The summed E-state index contributed by atoms with van der Waals surface area (Å²) in [5, 5.41) is 22.5. The van der Waals surface area contributed by atoms with Crippen molar-refractivity contribution in [3.8, 4) is 23.0 Å². The molecule has 0 aromatic heterocycles. The normalized spacial score (nSPS) is 14.9. The monoisotopic (exact) mass is 404 g/mol. The third kappa shape index (κ3) is 2.37. The number of carbonyl (C=O) groups excluding carboxylic acids is 2. The number of phenols is 2. The number of nitrogens with one attached hydrogen (secondary N) is 1. The molecule has 3 aromatic rings. The number of nitrogens with two attached hydrogens (primary N) is 1. The van der Waals surface area contributed by atoms with Gasteiger partial charge in [-0.3, -0.25) is 4.79 Å². The fraction of sp³-hybridized carbons (Fsp3) is 0.0909. The number of hydrogen-bond acceptors (Lipinski definition) is 7. The van der Waals surface area contributed by atoms with Gasteiger partial charge in [-0.25, -0.2) is 4.79 Å². The van der Waals surface area contributed by atoms with Crippen molar-refractivity contribution in [3.05, 3.63) is 76.9 Å². The van der Waals surface area contributed by atoms with Crippen molar-refractivity contribution >= 4 is 17.6 Å². The smallest absolute Gasteiger partial charge is 0.342 e. The van der Waals surface area contributed by atoms with E-state index in [2.05, 4.69) is 5.32 Å². The highest BCUT2D eigenvalue weighted by atomic mass is 16.6. The van der Waals surface area contributed by atoms with Crippen LogP contribution in [0.3, 0.4) is 0 Å². The molecule has 0 saturated carbocycles. The van der Waals surface area contributed by atoms with E-state index < -0.39 is 17.5 Å². The Hall–Kier alpha value is -4.04. The van der Waals surface area contributed by atoms with E-state index in [1.807, 2.05) is 0 Å². The number of hydrogen-bond donors (Lipinski definition) is 4. The zero-order valence-corrected chi connectivity index (χ0v) is 15.5. The maximum absolute atomic E-state index is 13.0. The van der Waals surface area contributed by atoms with E-state index in [0.29, 0.717) is 16.7 Å². The molecule has 150 valence electrons. The van der Waals surface area contributed by atoms with E-state index >= 15 is 0 Å². The van der Waals surface area contributed by atoms with Gasteiger partial charge >= 0.3 is 5.97 Å². The molecule has 3 aromatic carbocycles. The van der Waals surface area contributed by atoms with Gasteiger partial charge in [-0.2, -0.15) is 0 Å². The molecule has 0 bridgehead atoms. The topological polar surface area (TPSA) is 131 Å². The molecule has 1 spiro atoms. The number of rotatable bonds is 2. The minimum atomic E-state index is -1.37. The zero-order chi connectivity index (χ0) is 21.0. The summed E-state index contributed by atoms with van der Waals surface area (Å²) in [4.78, 5) is 24.9. The van der Waals surface area contributed by atoms with Crippen molar-refractivity contribution in [1.82, 2.24) is 0 Å². The number of phenolic OH excluding ortho intramolecular Hbond substituents is 2. The Morgan fingerprint density at radius 1 is 0.967 bits per heavy atom. The highest BCUT2D eigenvalue weighted by Crippen LogP contribution is 2.57. The SMILES string of the molecule is NCC(=O)Nc1cccc2c1C(=O)OC21c2ccc(O)cc2Oc2cc(O)ccc21. The second-order valence-corrected chi connectivity index (χ2v) is 7.01. The van der Waals surface area contributed by atoms with Gasteiger partial charge in [-0.15, -0.1) is 0 Å². The average Bonchev–Trinajstić information content (AvgIpc) is 3.01. The molecule has 2 aliphatic heterocycles. The number of carbonyl (C=O) groups is 2. The van der Waals surface area contributed by atoms with Gasteiger partial charge in [-0.05, 0) is 30.3 Å². The van der Waals surface area contributed by atoms with Gasteiger partial charge in [0.2, 0.25) is 5.91 Å². The fourth-order valence-electron chi connectivity index (χ4n) is 4.05. The lowest BCUT2D eigenvalue weighted by atomic mass is 9.77. The second kappa shape index (κ2) is 6.23. The maximum atomic E-state index is 13.0. The third-order valence-electron chi connectivity index (χ3n) is 5.26. The van der Waals surface area contributed by atoms with Crippen LogP contribution in [0.25, 0.3) is 0 Å². The molecular formula is C22H16N2O6. The van der Waals surface area contributed by atoms with Gasteiger partial charge < -0.3 is 30.7 Å². The predicted octanol–water partition coefficient (Wildman–Crippen LogP) is 2.56. The average molecular weight is 404 g/mol. The van der Waals surface area contributed by atoms with E-state index in [-0.39, 0.29) is 40.8 Å². The summed E-state index contributed by atoms with van der Waals surface area (Å²) in [5.41, 5.74) is 6.04. The number of fused-ring (bicyclic) bond motifs is 6. The van der Waals surface area contributed by atoms with Crippen LogP contribution < -0.4 is 15.8 Å².